The van der Waals surface area contributed by atoms with Crippen LogP contribution in [0.5, 0.6) is 0 Å². The minimum atomic E-state index is -0.831. The number of carboxylic acid groups (broad SMARTS) is 2. The fraction of sp³-hybridized carbons (Fsp3) is 0.118. The number of hydrogen-bond donors (Lipinski definition) is 4. The Morgan fingerprint density at radius 3 is 1.49 bits per heavy atom. The van der Waals surface area contributed by atoms with Gasteiger partial charge in [-0.15, -0.1) is 0 Å². The molecule has 0 saturated heterocycles. The lowest BCUT2D eigenvalue weighted by atomic mass is 10.0. The lowest BCUT2D eigenvalue weighted by molar-refractivity contribution is -0.137. The number of aliphatic carboxylic acids is 2. The highest BCUT2D eigenvalue weighted by molar-refractivity contribution is 6.30. The van der Waals surface area contributed by atoms with Crippen LogP contribution >= 0.6 is 11.6 Å². The van der Waals surface area contributed by atoms with Crippen LogP contribution in [0, 0.1) is 13.8 Å². The Labute approximate surface area is 242 Å². The van der Waals surface area contributed by atoms with E-state index in [2.05, 4.69) is 22.1 Å². The number of hydrogen-bond acceptors (Lipinski definition) is 2. The smallest absolute Gasteiger partial charge is 0.307 e. The number of halogens is 1. The largest absolute Gasteiger partial charge is 0.481 e. The first-order chi connectivity index (χ1) is 19.7. The van der Waals surface area contributed by atoms with E-state index < -0.39 is 11.9 Å². The summed E-state index contributed by atoms with van der Waals surface area (Å²) in [6.07, 6.45) is 0.0445. The predicted octanol–water partition coefficient (Wildman–Crippen LogP) is 8.19. The number of aromatic nitrogens is 2. The summed E-state index contributed by atoms with van der Waals surface area (Å²) in [6, 6.07) is 29.4. The molecule has 0 atom stereocenters. The van der Waals surface area contributed by atoms with Crippen LogP contribution in [0.3, 0.4) is 0 Å². The van der Waals surface area contributed by atoms with Gasteiger partial charge in [-0.25, -0.2) is 0 Å². The van der Waals surface area contributed by atoms with Crippen LogP contribution in [-0.4, -0.2) is 32.1 Å². The summed E-state index contributed by atoms with van der Waals surface area (Å²) in [5.74, 6) is -1.64. The van der Waals surface area contributed by atoms with E-state index in [0.717, 1.165) is 66.6 Å². The van der Waals surface area contributed by atoms with E-state index in [9.17, 15) is 9.59 Å². The topological polar surface area (TPSA) is 106 Å². The maximum atomic E-state index is 11.0. The molecule has 7 heteroatoms. The van der Waals surface area contributed by atoms with E-state index in [1.165, 1.54) is 0 Å². The van der Waals surface area contributed by atoms with Crippen molar-refractivity contribution in [2.45, 2.75) is 26.7 Å². The molecule has 4 N–H and O–H groups in total. The van der Waals surface area contributed by atoms with Gasteiger partial charge in [0.2, 0.25) is 0 Å². The highest BCUT2D eigenvalue weighted by Crippen LogP contribution is 2.35. The van der Waals surface area contributed by atoms with Crippen molar-refractivity contribution in [3.8, 4) is 22.3 Å². The summed E-state index contributed by atoms with van der Waals surface area (Å²) in [5, 5.41) is 20.8. The molecule has 0 saturated carbocycles. The highest BCUT2D eigenvalue weighted by Gasteiger charge is 2.15. The molecule has 2 aromatic heterocycles. The van der Waals surface area contributed by atoms with Crippen LogP contribution in [0.25, 0.3) is 44.1 Å². The van der Waals surface area contributed by atoms with Gasteiger partial charge >= 0.3 is 11.9 Å². The Bertz CT molecular complexity index is 1870. The average molecular weight is 565 g/mol. The molecule has 0 amide bonds. The number of nitrogens with one attached hydrogen (secondary N) is 2. The van der Waals surface area contributed by atoms with E-state index in [1.54, 1.807) is 0 Å². The fourth-order valence-corrected chi connectivity index (χ4v) is 5.53. The Morgan fingerprint density at radius 1 is 0.610 bits per heavy atom. The summed E-state index contributed by atoms with van der Waals surface area (Å²) in [6.45, 7) is 4.02. The second-order valence-electron chi connectivity index (χ2n) is 9.94. The highest BCUT2D eigenvalue weighted by atomic mass is 35.5. The monoisotopic (exact) mass is 564 g/mol. The van der Waals surface area contributed by atoms with Gasteiger partial charge in [-0.05, 0) is 48.2 Å². The molecular weight excluding hydrogens is 536 g/mol. The number of fused-ring (bicyclic) bond motifs is 2. The zero-order chi connectivity index (χ0) is 29.1. The first-order valence-corrected chi connectivity index (χ1v) is 13.6. The molecule has 6 aromatic rings. The standard InChI is InChI=1S/C17H14ClNO2.C17H15NO2/c1-10-16(11-5-7-13(18)8-6-11)14-4-2-3-12(9-15(20)21)17(14)19-10;1-11-16(12-6-3-2-4-7-12)14-9-5-8-13(10-15(19)20)17(14)18-11/h2-8,19H,9H2,1H3,(H,20,21);2-9,18H,10H2,1H3,(H,19,20). The van der Waals surface area contributed by atoms with E-state index in [0.29, 0.717) is 5.02 Å². The fourth-order valence-electron chi connectivity index (χ4n) is 5.40. The lowest BCUT2D eigenvalue weighted by Gasteiger charge is -2.03. The van der Waals surface area contributed by atoms with E-state index >= 15 is 0 Å². The van der Waals surface area contributed by atoms with E-state index in [1.807, 2.05) is 92.7 Å². The van der Waals surface area contributed by atoms with Crippen molar-refractivity contribution >= 4 is 45.3 Å². The van der Waals surface area contributed by atoms with E-state index in [4.69, 9.17) is 21.8 Å². The third-order valence-corrected chi connectivity index (χ3v) is 7.35. The van der Waals surface area contributed by atoms with Crippen molar-refractivity contribution in [2.24, 2.45) is 0 Å². The number of aromatic amines is 2. The van der Waals surface area contributed by atoms with Crippen molar-refractivity contribution in [1.82, 2.24) is 9.97 Å². The van der Waals surface area contributed by atoms with Crippen LogP contribution in [0.15, 0.2) is 91.0 Å². The minimum Gasteiger partial charge on any atom is -0.481 e. The molecule has 6 rings (SSSR count). The normalized spacial score (nSPS) is 10.9. The number of rotatable bonds is 6. The third-order valence-electron chi connectivity index (χ3n) is 7.09. The van der Waals surface area contributed by atoms with Crippen molar-refractivity contribution in [3.63, 3.8) is 0 Å². The number of carboxylic acids is 2. The van der Waals surface area contributed by atoms with E-state index in [-0.39, 0.29) is 12.8 Å². The number of H-pyrrole nitrogens is 2. The molecule has 41 heavy (non-hydrogen) atoms. The van der Waals surface area contributed by atoms with Crippen LogP contribution in [0.4, 0.5) is 0 Å². The minimum absolute atomic E-state index is 0.0113. The molecule has 2 heterocycles. The maximum Gasteiger partial charge on any atom is 0.307 e. The van der Waals surface area contributed by atoms with Gasteiger partial charge in [0.25, 0.3) is 0 Å². The predicted molar refractivity (Wildman–Crippen MR) is 165 cm³/mol. The molecule has 206 valence electrons. The Kier molecular flexibility index (Phi) is 7.95. The average Bonchev–Trinajstić information content (AvgIpc) is 3.46. The van der Waals surface area contributed by atoms with Crippen molar-refractivity contribution in [1.29, 1.82) is 0 Å². The van der Waals surface area contributed by atoms with Gasteiger partial charge in [-0.3, -0.25) is 9.59 Å². The van der Waals surface area contributed by atoms with Gasteiger partial charge in [-0.2, -0.15) is 0 Å². The molecule has 4 aromatic carbocycles. The second-order valence-corrected chi connectivity index (χ2v) is 10.4. The summed E-state index contributed by atoms with van der Waals surface area (Å²) < 4.78 is 0. The molecule has 0 radical (unpaired) electrons. The molecule has 0 aliphatic carbocycles. The first-order valence-electron chi connectivity index (χ1n) is 13.2. The summed E-state index contributed by atoms with van der Waals surface area (Å²) in [7, 11) is 0. The SMILES string of the molecule is Cc1[nH]c2c(CC(=O)O)cccc2c1-c1ccc(Cl)cc1.Cc1[nH]c2c(CC(=O)O)cccc2c1-c1ccccc1. The number of para-hydroxylation sites is 2. The summed E-state index contributed by atoms with van der Waals surface area (Å²) in [5.41, 5.74) is 9.95. The van der Waals surface area contributed by atoms with Gasteiger partial charge in [-0.1, -0.05) is 90.5 Å². The van der Waals surface area contributed by atoms with Crippen LogP contribution in [0.2, 0.25) is 5.02 Å². The molecule has 0 aliphatic rings. The zero-order valence-corrected chi connectivity index (χ0v) is 23.4. The van der Waals surface area contributed by atoms with Gasteiger partial charge in [0.15, 0.2) is 0 Å². The Morgan fingerprint density at radius 2 is 1.05 bits per heavy atom. The number of benzene rings is 4. The summed E-state index contributed by atoms with van der Waals surface area (Å²) in [4.78, 5) is 28.6. The van der Waals surface area contributed by atoms with Crippen molar-refractivity contribution in [2.75, 3.05) is 0 Å². The Balaban J connectivity index is 0.000000165. The van der Waals surface area contributed by atoms with Gasteiger partial charge < -0.3 is 20.2 Å². The van der Waals surface area contributed by atoms with Crippen molar-refractivity contribution < 1.29 is 19.8 Å². The molecule has 6 nitrogen and oxygen atoms in total. The quantitative estimate of drug-likeness (QED) is 0.163. The van der Waals surface area contributed by atoms with Crippen LogP contribution in [-0.2, 0) is 22.4 Å². The number of carbonyl (C=O) groups is 2. The van der Waals surface area contributed by atoms with Gasteiger partial charge in [0.1, 0.15) is 0 Å². The summed E-state index contributed by atoms with van der Waals surface area (Å²) >= 11 is 5.94. The molecule has 0 aliphatic heterocycles. The third kappa shape index (κ3) is 5.88. The molecule has 0 bridgehead atoms. The molecule has 0 spiro atoms. The van der Waals surface area contributed by atoms with Gasteiger partial charge in [0.05, 0.1) is 23.9 Å². The first kappa shape index (κ1) is 27.7. The lowest BCUT2D eigenvalue weighted by Crippen LogP contribution is -2.00. The maximum absolute atomic E-state index is 11.0. The second kappa shape index (κ2) is 11.7. The Hall–Kier alpha value is -4.81. The van der Waals surface area contributed by atoms with Gasteiger partial charge in [0, 0.05) is 38.3 Å². The van der Waals surface area contributed by atoms with Crippen molar-refractivity contribution in [3.05, 3.63) is 119 Å². The van der Waals surface area contributed by atoms with Crippen LogP contribution < -0.4 is 0 Å². The van der Waals surface area contributed by atoms with Crippen LogP contribution in [0.1, 0.15) is 22.5 Å². The zero-order valence-electron chi connectivity index (χ0n) is 22.7. The molecule has 0 unspecified atom stereocenters. The number of aryl methyl sites for hydroxylation is 2. The molecular formula is C34H29ClN2O4. The molecule has 0 fully saturated rings.